The molecule has 2 heterocycles. The summed E-state index contributed by atoms with van der Waals surface area (Å²) in [5.74, 6) is -0.280. The van der Waals surface area contributed by atoms with E-state index in [9.17, 15) is 22.8 Å². The molecule has 0 aromatic carbocycles. The Morgan fingerprint density at radius 2 is 1.94 bits per heavy atom. The van der Waals surface area contributed by atoms with Gasteiger partial charge in [-0.3, -0.25) is 18.9 Å². The highest BCUT2D eigenvalue weighted by molar-refractivity contribution is 8.26. The maximum absolute atomic E-state index is 10.4. The van der Waals surface area contributed by atoms with Gasteiger partial charge in [-0.05, 0) is 0 Å². The highest BCUT2D eigenvalue weighted by Gasteiger charge is 2.31. The molecule has 1 atom stereocenters. The zero-order valence-electron chi connectivity index (χ0n) is 8.20. The van der Waals surface area contributed by atoms with E-state index >= 15 is 0 Å². The van der Waals surface area contributed by atoms with Gasteiger partial charge in [0, 0.05) is 11.8 Å². The van der Waals surface area contributed by atoms with Crippen LogP contribution < -0.4 is 10.6 Å². The third-order valence-corrected chi connectivity index (χ3v) is 4.85. The summed E-state index contributed by atoms with van der Waals surface area (Å²) in [6.45, 7) is 0.198. The predicted molar refractivity (Wildman–Crippen MR) is 61.9 cm³/mol. The molecule has 3 N–H and O–H groups in total. The summed E-state index contributed by atoms with van der Waals surface area (Å²) in [6, 6.07) is 0. The van der Waals surface area contributed by atoms with Crippen LogP contribution in [0, 0.1) is 0 Å². The van der Waals surface area contributed by atoms with Crippen molar-refractivity contribution in [2.45, 2.75) is 4.71 Å². The van der Waals surface area contributed by atoms with E-state index in [4.69, 9.17) is 4.55 Å². The number of hydrogen-bond donors (Lipinski definition) is 3. The van der Waals surface area contributed by atoms with Crippen molar-refractivity contribution in [3.63, 3.8) is 0 Å². The van der Waals surface area contributed by atoms with Crippen molar-refractivity contribution in [1.29, 1.82) is 0 Å². The Balaban J connectivity index is 0.000000181. The molecular weight excluding hydrogens is 292 g/mol. The Kier molecular flexibility index (Phi) is 4.80. The Bertz CT molecular complexity index is 433. The highest BCUT2D eigenvalue weighted by Crippen LogP contribution is 2.18. The van der Waals surface area contributed by atoms with Gasteiger partial charge in [0.25, 0.3) is 15.4 Å². The minimum Gasteiger partial charge on any atom is -0.339 e. The van der Waals surface area contributed by atoms with Crippen molar-refractivity contribution < 1.29 is 27.4 Å². The first-order valence-electron chi connectivity index (χ1n) is 4.15. The highest BCUT2D eigenvalue weighted by atomic mass is 32.3. The van der Waals surface area contributed by atoms with Crippen LogP contribution in [0.25, 0.3) is 0 Å². The lowest BCUT2D eigenvalue weighted by Gasteiger charge is -2.02. The number of amides is 2. The van der Waals surface area contributed by atoms with E-state index in [1.54, 1.807) is 0 Å². The molecule has 0 spiro atoms. The summed E-state index contributed by atoms with van der Waals surface area (Å²) in [4.78, 5) is 30.6. The van der Waals surface area contributed by atoms with Crippen molar-refractivity contribution in [3.05, 3.63) is 0 Å². The molecule has 2 aliphatic rings. The minimum absolute atomic E-state index is 0.0878. The summed E-state index contributed by atoms with van der Waals surface area (Å²) in [6.07, 6.45) is 0. The molecule has 2 fully saturated rings. The first kappa shape index (κ1) is 14.3. The summed E-state index contributed by atoms with van der Waals surface area (Å²) in [5, 5.41) is 4.10. The molecule has 1 unspecified atom stereocenters. The zero-order chi connectivity index (χ0) is 13.1. The first-order chi connectivity index (χ1) is 7.79. The van der Waals surface area contributed by atoms with Crippen LogP contribution in [-0.2, 0) is 19.7 Å². The molecule has 0 radical (unpaired) electrons. The van der Waals surface area contributed by atoms with Crippen LogP contribution in [0.15, 0.2) is 0 Å². The van der Waals surface area contributed by atoms with Gasteiger partial charge in [-0.25, -0.2) is 0 Å². The Labute approximate surface area is 105 Å². The van der Waals surface area contributed by atoms with E-state index in [2.05, 4.69) is 10.6 Å². The molecule has 96 valence electrons. The van der Waals surface area contributed by atoms with E-state index < -0.39 is 14.8 Å². The molecule has 2 aliphatic heterocycles. The van der Waals surface area contributed by atoms with Crippen LogP contribution in [0.1, 0.15) is 0 Å². The number of hydrogen-bond acceptors (Lipinski definition) is 7. The van der Waals surface area contributed by atoms with E-state index in [-0.39, 0.29) is 28.6 Å². The fourth-order valence-corrected chi connectivity index (χ4v) is 3.12. The minimum atomic E-state index is -4.10. The second kappa shape index (κ2) is 5.71. The topological polar surface area (TPSA) is 130 Å². The van der Waals surface area contributed by atoms with Crippen LogP contribution in [-0.4, -0.2) is 46.2 Å². The van der Waals surface area contributed by atoms with Gasteiger partial charge >= 0.3 is 0 Å². The van der Waals surface area contributed by atoms with Gasteiger partial charge < -0.3 is 10.6 Å². The van der Waals surface area contributed by atoms with Gasteiger partial charge in [-0.1, -0.05) is 0 Å². The third kappa shape index (κ3) is 4.93. The van der Waals surface area contributed by atoms with Crippen molar-refractivity contribution in [1.82, 2.24) is 10.6 Å². The number of carbonyl (C=O) groups excluding carboxylic acids is 3. The molecule has 2 amide bonds. The van der Waals surface area contributed by atoms with Gasteiger partial charge in [0.2, 0.25) is 15.7 Å². The number of nitrogens with one attached hydrogen (secondary N) is 2. The van der Waals surface area contributed by atoms with E-state index in [0.29, 0.717) is 0 Å². The summed E-state index contributed by atoms with van der Waals surface area (Å²) < 4.78 is 27.8. The van der Waals surface area contributed by atoms with Crippen molar-refractivity contribution >= 4 is 49.9 Å². The normalized spacial score (nSPS) is 23.8. The van der Waals surface area contributed by atoms with Gasteiger partial charge in [-0.15, -0.1) is 11.8 Å². The fraction of sp³-hybridized carbons (Fsp3) is 0.500. The molecule has 8 nitrogen and oxygen atoms in total. The zero-order valence-corrected chi connectivity index (χ0v) is 10.7. The van der Waals surface area contributed by atoms with Crippen molar-refractivity contribution in [2.75, 3.05) is 12.3 Å². The van der Waals surface area contributed by atoms with E-state index in [1.165, 1.54) is 0 Å². The Hall–Kier alpha value is -0.780. The molecule has 0 aliphatic carbocycles. The molecule has 17 heavy (non-hydrogen) atoms. The molecule has 0 aromatic heterocycles. The average molecular weight is 300 g/mol. The van der Waals surface area contributed by atoms with Crippen LogP contribution in [0.2, 0.25) is 0 Å². The fourth-order valence-electron chi connectivity index (χ4n) is 0.847. The van der Waals surface area contributed by atoms with Crippen molar-refractivity contribution in [3.8, 4) is 0 Å². The lowest BCUT2D eigenvalue weighted by Crippen LogP contribution is -2.31. The molecular formula is C6H8N2O6S3. The maximum atomic E-state index is 10.4. The molecule has 0 aromatic rings. The number of thioether (sulfide) groups is 2. The quantitative estimate of drug-likeness (QED) is 0.525. The SMILES string of the molecule is O=C1CNC(=O)S1.O=C1CSC(S(=O)(=O)O)N1. The monoisotopic (exact) mass is 300 g/mol. The molecule has 11 heteroatoms. The van der Waals surface area contributed by atoms with Gasteiger partial charge in [0.05, 0.1) is 12.3 Å². The number of rotatable bonds is 1. The Morgan fingerprint density at radius 3 is 2.12 bits per heavy atom. The molecule has 2 saturated heterocycles. The lowest BCUT2D eigenvalue weighted by atomic mass is 10.7. The predicted octanol–water partition coefficient (Wildman–Crippen LogP) is -1.01. The Morgan fingerprint density at radius 1 is 1.29 bits per heavy atom. The van der Waals surface area contributed by atoms with E-state index in [0.717, 1.165) is 23.5 Å². The standard InChI is InChI=1S/C3H5NO4S2.C3H3NO2S/c5-2-1-9-3(4-2)10(6,7)8;5-2-1-4-3(6)7-2/h3H,1H2,(H,4,5)(H,6,7,8);1H2,(H,4,6). The summed E-state index contributed by atoms with van der Waals surface area (Å²) in [7, 11) is -4.10. The van der Waals surface area contributed by atoms with Crippen LogP contribution in [0.4, 0.5) is 4.79 Å². The summed E-state index contributed by atoms with van der Waals surface area (Å²) >= 11 is 1.59. The molecule has 0 saturated carbocycles. The molecule has 2 rings (SSSR count). The third-order valence-electron chi connectivity index (χ3n) is 1.50. The van der Waals surface area contributed by atoms with Gasteiger partial charge in [0.15, 0.2) is 0 Å². The van der Waals surface area contributed by atoms with Crippen LogP contribution >= 0.6 is 23.5 Å². The number of carbonyl (C=O) groups is 3. The largest absolute Gasteiger partial charge is 0.339 e. The van der Waals surface area contributed by atoms with Crippen LogP contribution in [0.5, 0.6) is 0 Å². The average Bonchev–Trinajstić information content (AvgIpc) is 2.75. The molecule has 0 bridgehead atoms. The second-order valence-corrected chi connectivity index (χ2v) is 6.76. The maximum Gasteiger partial charge on any atom is 0.296 e. The first-order valence-corrected chi connectivity index (χ1v) is 7.51. The second-order valence-electron chi connectivity index (χ2n) is 2.84. The van der Waals surface area contributed by atoms with Crippen LogP contribution in [0.3, 0.4) is 0 Å². The summed E-state index contributed by atoms with van der Waals surface area (Å²) in [5.41, 5.74) is 0. The van der Waals surface area contributed by atoms with E-state index in [1.807, 2.05) is 0 Å². The lowest BCUT2D eigenvalue weighted by molar-refractivity contribution is -0.118. The smallest absolute Gasteiger partial charge is 0.296 e. The van der Waals surface area contributed by atoms with Gasteiger partial charge in [0.1, 0.15) is 0 Å². The van der Waals surface area contributed by atoms with Gasteiger partial charge in [-0.2, -0.15) is 8.42 Å². The van der Waals surface area contributed by atoms with Crippen molar-refractivity contribution in [2.24, 2.45) is 0 Å².